The Kier molecular flexibility index (Phi) is 6.37. The molecule has 2 aromatic rings. The summed E-state index contributed by atoms with van der Waals surface area (Å²) in [5, 5.41) is 19.8. The maximum Gasteiger partial charge on any atom is 0.320 e. The average Bonchev–Trinajstić information content (AvgIpc) is 2.87. The van der Waals surface area contributed by atoms with Gasteiger partial charge in [-0.15, -0.1) is 0 Å². The molecule has 3 N–H and O–H groups in total. The van der Waals surface area contributed by atoms with Crippen LogP contribution in [0.4, 0.5) is 10.6 Å². The number of anilines is 1. The Bertz CT molecular complexity index is 652. The van der Waals surface area contributed by atoms with Gasteiger partial charge in [0.2, 0.25) is 0 Å². The summed E-state index contributed by atoms with van der Waals surface area (Å²) in [4.78, 5) is 12.0. The van der Waals surface area contributed by atoms with Crippen molar-refractivity contribution >= 4 is 11.8 Å². The fraction of sp³-hybridized carbons (Fsp3) is 0.444. The predicted molar refractivity (Wildman–Crippen MR) is 95.0 cm³/mol. The Labute approximate surface area is 142 Å². The van der Waals surface area contributed by atoms with Gasteiger partial charge in [-0.25, -0.2) is 9.48 Å². The summed E-state index contributed by atoms with van der Waals surface area (Å²) in [6.07, 6.45) is 0.129. The van der Waals surface area contributed by atoms with Gasteiger partial charge in [0.1, 0.15) is 5.82 Å². The van der Waals surface area contributed by atoms with Gasteiger partial charge in [-0.3, -0.25) is 5.32 Å². The minimum atomic E-state index is -0.406. The molecule has 0 saturated carbocycles. The summed E-state index contributed by atoms with van der Waals surface area (Å²) in [6, 6.07) is 11.5. The summed E-state index contributed by atoms with van der Waals surface area (Å²) in [5.74, 6) is 0.836. The fourth-order valence-corrected chi connectivity index (χ4v) is 2.35. The van der Waals surface area contributed by atoms with E-state index in [-0.39, 0.29) is 11.9 Å². The quantitative estimate of drug-likeness (QED) is 0.730. The third-order valence-electron chi connectivity index (χ3n) is 3.81. The normalized spacial score (nSPS) is 12.2. The number of rotatable bonds is 7. The second kappa shape index (κ2) is 8.49. The molecule has 0 spiro atoms. The van der Waals surface area contributed by atoms with E-state index in [9.17, 15) is 9.90 Å². The van der Waals surface area contributed by atoms with Crippen LogP contribution in [0.25, 0.3) is 0 Å². The van der Waals surface area contributed by atoms with Crippen LogP contribution in [0.1, 0.15) is 31.5 Å². The molecule has 130 valence electrons. The van der Waals surface area contributed by atoms with Crippen LogP contribution in [0, 0.1) is 12.8 Å². The molecule has 0 saturated heterocycles. The molecular weight excluding hydrogens is 304 g/mol. The topological polar surface area (TPSA) is 79.2 Å². The number of hydrogen-bond donors (Lipinski definition) is 3. The number of aryl methyl sites for hydroxylation is 1. The molecule has 2 rings (SSSR count). The Morgan fingerprint density at radius 1 is 1.29 bits per heavy atom. The number of aromatic nitrogens is 2. The minimum absolute atomic E-state index is 0.185. The third-order valence-corrected chi connectivity index (χ3v) is 3.81. The van der Waals surface area contributed by atoms with Crippen molar-refractivity contribution in [3.8, 4) is 0 Å². The standard InChI is InChI=1S/C18H26N4O2/c1-13(2)16(23)9-10-19-18(24)20-17-11-14(3)21-22(17)12-15-7-5-4-6-8-15/h4-8,11,13,16,23H,9-10,12H2,1-3H3,(H2,19,20,24)/t16-/m1/s1. The van der Waals surface area contributed by atoms with Gasteiger partial charge in [-0.2, -0.15) is 5.10 Å². The van der Waals surface area contributed by atoms with E-state index in [0.717, 1.165) is 11.3 Å². The minimum Gasteiger partial charge on any atom is -0.393 e. The van der Waals surface area contributed by atoms with Gasteiger partial charge >= 0.3 is 6.03 Å². The molecule has 0 aliphatic rings. The highest BCUT2D eigenvalue weighted by Gasteiger charge is 2.12. The molecule has 0 unspecified atom stereocenters. The highest BCUT2D eigenvalue weighted by molar-refractivity contribution is 5.88. The summed E-state index contributed by atoms with van der Waals surface area (Å²) >= 11 is 0. The molecular formula is C18H26N4O2. The van der Waals surface area contributed by atoms with Crippen LogP contribution in [-0.2, 0) is 6.54 Å². The Hall–Kier alpha value is -2.34. The zero-order valence-corrected chi connectivity index (χ0v) is 14.5. The second-order valence-corrected chi connectivity index (χ2v) is 6.30. The van der Waals surface area contributed by atoms with E-state index in [2.05, 4.69) is 15.7 Å². The number of carbonyl (C=O) groups is 1. The number of benzene rings is 1. The molecule has 0 radical (unpaired) electrons. The zero-order valence-electron chi connectivity index (χ0n) is 14.5. The van der Waals surface area contributed by atoms with Gasteiger partial charge < -0.3 is 10.4 Å². The first-order valence-corrected chi connectivity index (χ1v) is 8.27. The first kappa shape index (κ1) is 18.0. The van der Waals surface area contributed by atoms with Crippen LogP contribution in [-0.4, -0.2) is 33.6 Å². The number of hydrogen-bond acceptors (Lipinski definition) is 3. The van der Waals surface area contributed by atoms with Gasteiger partial charge in [-0.1, -0.05) is 44.2 Å². The third kappa shape index (κ3) is 5.38. The molecule has 2 amide bonds. The summed E-state index contributed by atoms with van der Waals surface area (Å²) in [6.45, 7) is 6.82. The van der Waals surface area contributed by atoms with Gasteiger partial charge in [0.05, 0.1) is 18.3 Å². The highest BCUT2D eigenvalue weighted by Crippen LogP contribution is 2.13. The summed E-state index contributed by atoms with van der Waals surface area (Å²) < 4.78 is 1.77. The maximum absolute atomic E-state index is 12.0. The van der Waals surface area contributed by atoms with Crippen LogP contribution in [0.2, 0.25) is 0 Å². The van der Waals surface area contributed by atoms with Crippen molar-refractivity contribution in [2.75, 3.05) is 11.9 Å². The van der Waals surface area contributed by atoms with E-state index < -0.39 is 6.10 Å². The van der Waals surface area contributed by atoms with Crippen molar-refractivity contribution in [1.29, 1.82) is 0 Å². The average molecular weight is 330 g/mol. The Balaban J connectivity index is 1.91. The van der Waals surface area contributed by atoms with Crippen LogP contribution in [0.5, 0.6) is 0 Å². The van der Waals surface area contributed by atoms with Crippen LogP contribution < -0.4 is 10.6 Å². The SMILES string of the molecule is Cc1cc(NC(=O)NCC[C@@H](O)C(C)C)n(Cc2ccccc2)n1. The van der Waals surface area contributed by atoms with Gasteiger partial charge in [0.25, 0.3) is 0 Å². The van der Waals surface area contributed by atoms with Crippen LogP contribution >= 0.6 is 0 Å². The molecule has 0 fully saturated rings. The van der Waals surface area contributed by atoms with Crippen molar-refractivity contribution in [1.82, 2.24) is 15.1 Å². The molecule has 1 atom stereocenters. The van der Waals surface area contributed by atoms with Gasteiger partial charge in [0.15, 0.2) is 0 Å². The van der Waals surface area contributed by atoms with E-state index in [1.807, 2.05) is 57.2 Å². The maximum atomic E-state index is 12.0. The Morgan fingerprint density at radius 2 is 2.00 bits per heavy atom. The Morgan fingerprint density at radius 3 is 2.67 bits per heavy atom. The summed E-state index contributed by atoms with van der Waals surface area (Å²) in [5.41, 5.74) is 1.96. The molecule has 1 heterocycles. The number of aliphatic hydroxyl groups is 1. The largest absolute Gasteiger partial charge is 0.393 e. The molecule has 0 bridgehead atoms. The molecule has 6 nitrogen and oxygen atoms in total. The molecule has 1 aromatic carbocycles. The number of amides is 2. The zero-order chi connectivity index (χ0) is 17.5. The number of nitrogens with one attached hydrogen (secondary N) is 2. The second-order valence-electron chi connectivity index (χ2n) is 6.30. The smallest absolute Gasteiger partial charge is 0.320 e. The van der Waals surface area contributed by atoms with Crippen molar-refractivity contribution < 1.29 is 9.90 Å². The van der Waals surface area contributed by atoms with E-state index in [1.54, 1.807) is 4.68 Å². The predicted octanol–water partition coefficient (Wildman–Crippen LogP) is 2.77. The lowest BCUT2D eigenvalue weighted by atomic mass is 10.0. The van der Waals surface area contributed by atoms with E-state index in [1.165, 1.54) is 0 Å². The molecule has 1 aromatic heterocycles. The monoisotopic (exact) mass is 330 g/mol. The summed E-state index contributed by atoms with van der Waals surface area (Å²) in [7, 11) is 0. The molecule has 0 aliphatic heterocycles. The van der Waals surface area contributed by atoms with Crippen LogP contribution in [0.3, 0.4) is 0 Å². The van der Waals surface area contributed by atoms with E-state index in [4.69, 9.17) is 0 Å². The lowest BCUT2D eigenvalue weighted by Crippen LogP contribution is -2.33. The molecule has 6 heteroatoms. The van der Waals surface area contributed by atoms with Crippen molar-refractivity contribution in [2.45, 2.75) is 39.8 Å². The fourth-order valence-electron chi connectivity index (χ4n) is 2.35. The number of nitrogens with zero attached hydrogens (tertiary/aromatic N) is 2. The lowest BCUT2D eigenvalue weighted by Gasteiger charge is -2.15. The first-order valence-electron chi connectivity index (χ1n) is 8.27. The lowest BCUT2D eigenvalue weighted by molar-refractivity contribution is 0.117. The van der Waals surface area contributed by atoms with Crippen molar-refractivity contribution in [3.05, 3.63) is 47.7 Å². The number of aliphatic hydroxyl groups excluding tert-OH is 1. The van der Waals surface area contributed by atoms with Crippen molar-refractivity contribution in [3.63, 3.8) is 0 Å². The van der Waals surface area contributed by atoms with Gasteiger partial charge in [-0.05, 0) is 24.8 Å². The van der Waals surface area contributed by atoms with E-state index >= 15 is 0 Å². The van der Waals surface area contributed by atoms with Crippen LogP contribution in [0.15, 0.2) is 36.4 Å². The van der Waals surface area contributed by atoms with E-state index in [0.29, 0.717) is 25.3 Å². The van der Waals surface area contributed by atoms with Crippen molar-refractivity contribution in [2.24, 2.45) is 5.92 Å². The number of urea groups is 1. The highest BCUT2D eigenvalue weighted by atomic mass is 16.3. The molecule has 24 heavy (non-hydrogen) atoms. The first-order chi connectivity index (χ1) is 11.5. The molecule has 0 aliphatic carbocycles. The number of carbonyl (C=O) groups excluding carboxylic acids is 1. The van der Waals surface area contributed by atoms with Gasteiger partial charge in [0, 0.05) is 12.6 Å².